The molecule has 2 unspecified atom stereocenters. The fraction of sp³-hybridized carbons (Fsp3) is 0.500. The van der Waals surface area contributed by atoms with Crippen LogP contribution in [0.3, 0.4) is 0 Å². The minimum Gasteiger partial charge on any atom is -0.381 e. The zero-order chi connectivity index (χ0) is 13.8. The lowest BCUT2D eigenvalue weighted by Crippen LogP contribution is -2.33. The molecule has 1 aliphatic carbocycles. The van der Waals surface area contributed by atoms with Gasteiger partial charge in [0, 0.05) is 19.3 Å². The molecule has 4 N–H and O–H groups in total. The van der Waals surface area contributed by atoms with Crippen LogP contribution in [0.4, 0.5) is 5.82 Å². The van der Waals surface area contributed by atoms with Gasteiger partial charge in [0.2, 0.25) is 0 Å². The van der Waals surface area contributed by atoms with Gasteiger partial charge in [0.15, 0.2) is 5.82 Å². The molecule has 2 atom stereocenters. The third-order valence-corrected chi connectivity index (χ3v) is 3.58. The average Bonchev–Trinajstić information content (AvgIpc) is 2.86. The van der Waals surface area contributed by atoms with Crippen LogP contribution in [-0.4, -0.2) is 30.1 Å². The van der Waals surface area contributed by atoms with E-state index in [0.29, 0.717) is 16.4 Å². The highest BCUT2D eigenvalue weighted by molar-refractivity contribution is 6.33. The molecule has 104 valence electrons. The van der Waals surface area contributed by atoms with Crippen LogP contribution in [0.15, 0.2) is 12.3 Å². The van der Waals surface area contributed by atoms with Gasteiger partial charge in [0.05, 0.1) is 16.7 Å². The highest BCUT2D eigenvalue weighted by Gasteiger charge is 2.26. The first-order chi connectivity index (χ1) is 9.13. The maximum absolute atomic E-state index is 12.0. The molecule has 1 aromatic rings. The number of carbonyl (C=O) groups excluding carboxylic acids is 1. The number of pyridine rings is 1. The molecule has 19 heavy (non-hydrogen) atoms. The summed E-state index contributed by atoms with van der Waals surface area (Å²) in [6, 6.07) is 1.69. The van der Waals surface area contributed by atoms with Crippen molar-refractivity contribution in [3.05, 3.63) is 22.8 Å². The summed E-state index contributed by atoms with van der Waals surface area (Å²) in [6.45, 7) is 0. The first-order valence-corrected chi connectivity index (χ1v) is 6.47. The second kappa shape index (κ2) is 6.18. The fourth-order valence-corrected chi connectivity index (χ4v) is 2.44. The standard InChI is InChI=1S/C12H17ClN4O2/c1-19-9-3-2-8(5-9)16-12(18)7-4-10(13)11(17-14)15-6-7/h4,6,8-9H,2-3,5,14H2,1H3,(H,15,17)(H,16,18). The van der Waals surface area contributed by atoms with E-state index in [1.54, 1.807) is 13.2 Å². The van der Waals surface area contributed by atoms with Crippen molar-refractivity contribution in [1.82, 2.24) is 10.3 Å². The lowest BCUT2D eigenvalue weighted by Gasteiger charge is -2.13. The molecule has 1 aromatic heterocycles. The minimum atomic E-state index is -0.181. The van der Waals surface area contributed by atoms with E-state index in [9.17, 15) is 4.79 Å². The number of amides is 1. The molecule has 6 nitrogen and oxygen atoms in total. The summed E-state index contributed by atoms with van der Waals surface area (Å²) in [7, 11) is 1.69. The molecule has 0 radical (unpaired) electrons. The molecule has 1 fully saturated rings. The Morgan fingerprint density at radius 2 is 2.37 bits per heavy atom. The number of aromatic nitrogens is 1. The largest absolute Gasteiger partial charge is 0.381 e. The predicted molar refractivity (Wildman–Crippen MR) is 73.0 cm³/mol. The number of carbonyl (C=O) groups is 1. The zero-order valence-corrected chi connectivity index (χ0v) is 11.4. The van der Waals surface area contributed by atoms with Crippen molar-refractivity contribution in [1.29, 1.82) is 0 Å². The number of rotatable bonds is 4. The van der Waals surface area contributed by atoms with Gasteiger partial charge in [-0.25, -0.2) is 10.8 Å². The summed E-state index contributed by atoms with van der Waals surface area (Å²) in [4.78, 5) is 16.0. The molecular formula is C12H17ClN4O2. The number of halogens is 1. The van der Waals surface area contributed by atoms with Crippen LogP contribution >= 0.6 is 11.6 Å². The fourth-order valence-electron chi connectivity index (χ4n) is 2.22. The van der Waals surface area contributed by atoms with Crippen LogP contribution in [0.25, 0.3) is 0 Å². The SMILES string of the molecule is COC1CCC(NC(=O)c2cnc(NN)c(Cl)c2)C1. The Hall–Kier alpha value is -1.37. The van der Waals surface area contributed by atoms with Gasteiger partial charge in [-0.1, -0.05) is 11.6 Å². The van der Waals surface area contributed by atoms with Crippen LogP contribution in [0, 0.1) is 0 Å². The minimum absolute atomic E-state index is 0.142. The predicted octanol–water partition coefficient (Wildman–Crippen LogP) is 1.32. The second-order valence-electron chi connectivity index (χ2n) is 4.54. The number of hydrazine groups is 1. The highest BCUT2D eigenvalue weighted by atomic mass is 35.5. The molecule has 1 aliphatic rings. The summed E-state index contributed by atoms with van der Waals surface area (Å²) in [5, 5.41) is 3.27. The van der Waals surface area contributed by atoms with E-state index in [4.69, 9.17) is 22.2 Å². The van der Waals surface area contributed by atoms with E-state index in [-0.39, 0.29) is 18.1 Å². The Kier molecular flexibility index (Phi) is 4.57. The highest BCUT2D eigenvalue weighted by Crippen LogP contribution is 2.23. The molecule has 0 saturated heterocycles. The molecule has 0 aromatic carbocycles. The summed E-state index contributed by atoms with van der Waals surface area (Å²) >= 11 is 5.93. The van der Waals surface area contributed by atoms with Crippen molar-refractivity contribution < 1.29 is 9.53 Å². The van der Waals surface area contributed by atoms with Crippen LogP contribution in [0.5, 0.6) is 0 Å². The normalized spacial score (nSPS) is 22.3. The second-order valence-corrected chi connectivity index (χ2v) is 4.95. The molecule has 1 heterocycles. The lowest BCUT2D eigenvalue weighted by atomic mass is 10.2. The molecule has 1 amide bonds. The van der Waals surface area contributed by atoms with Crippen molar-refractivity contribution in [3.8, 4) is 0 Å². The number of hydrogen-bond acceptors (Lipinski definition) is 5. The van der Waals surface area contributed by atoms with Crippen molar-refractivity contribution >= 4 is 23.3 Å². The number of hydrogen-bond donors (Lipinski definition) is 3. The summed E-state index contributed by atoms with van der Waals surface area (Å²) in [5.41, 5.74) is 2.78. The van der Waals surface area contributed by atoms with E-state index in [0.717, 1.165) is 19.3 Å². The number of nitrogens with zero attached hydrogens (tertiary/aromatic N) is 1. The van der Waals surface area contributed by atoms with Gasteiger partial charge in [0.1, 0.15) is 0 Å². The van der Waals surface area contributed by atoms with Crippen molar-refractivity contribution in [2.75, 3.05) is 12.5 Å². The third-order valence-electron chi connectivity index (χ3n) is 3.29. The topological polar surface area (TPSA) is 89.3 Å². The zero-order valence-electron chi connectivity index (χ0n) is 10.6. The monoisotopic (exact) mass is 284 g/mol. The van der Waals surface area contributed by atoms with Crippen LogP contribution < -0.4 is 16.6 Å². The van der Waals surface area contributed by atoms with Crippen LogP contribution in [0.1, 0.15) is 29.6 Å². The Morgan fingerprint density at radius 3 is 2.95 bits per heavy atom. The van der Waals surface area contributed by atoms with Gasteiger partial charge in [-0.3, -0.25) is 4.79 Å². The average molecular weight is 285 g/mol. The molecule has 2 rings (SSSR count). The summed E-state index contributed by atoms with van der Waals surface area (Å²) < 4.78 is 5.27. The van der Waals surface area contributed by atoms with E-state index in [2.05, 4.69) is 15.7 Å². The van der Waals surface area contributed by atoms with Crippen molar-refractivity contribution in [2.24, 2.45) is 5.84 Å². The number of nitrogens with one attached hydrogen (secondary N) is 2. The first kappa shape index (κ1) is 14.0. The van der Waals surface area contributed by atoms with Crippen molar-refractivity contribution in [2.45, 2.75) is 31.4 Å². The first-order valence-electron chi connectivity index (χ1n) is 6.10. The van der Waals surface area contributed by atoms with Gasteiger partial charge in [-0.2, -0.15) is 0 Å². The molecular weight excluding hydrogens is 268 g/mol. The van der Waals surface area contributed by atoms with Gasteiger partial charge in [-0.05, 0) is 25.3 Å². The number of anilines is 1. The van der Waals surface area contributed by atoms with E-state index < -0.39 is 0 Å². The van der Waals surface area contributed by atoms with Gasteiger partial charge >= 0.3 is 0 Å². The molecule has 1 saturated carbocycles. The maximum atomic E-state index is 12.0. The van der Waals surface area contributed by atoms with E-state index >= 15 is 0 Å². The van der Waals surface area contributed by atoms with Crippen molar-refractivity contribution in [3.63, 3.8) is 0 Å². The van der Waals surface area contributed by atoms with Crippen LogP contribution in [-0.2, 0) is 4.74 Å². The number of methoxy groups -OCH3 is 1. The summed E-state index contributed by atoms with van der Waals surface area (Å²) in [6.07, 6.45) is 4.41. The molecule has 7 heteroatoms. The Morgan fingerprint density at radius 1 is 1.58 bits per heavy atom. The number of nitrogen functional groups attached to an aromatic ring is 1. The van der Waals surface area contributed by atoms with Gasteiger partial charge in [-0.15, -0.1) is 0 Å². The summed E-state index contributed by atoms with van der Waals surface area (Å²) in [5.74, 6) is 5.39. The number of nitrogens with two attached hydrogens (primary N) is 1. The molecule has 0 bridgehead atoms. The van der Waals surface area contributed by atoms with Gasteiger partial charge in [0.25, 0.3) is 5.91 Å². The Balaban J connectivity index is 1.98. The third kappa shape index (κ3) is 3.34. The molecule has 0 spiro atoms. The van der Waals surface area contributed by atoms with E-state index in [1.807, 2.05) is 0 Å². The maximum Gasteiger partial charge on any atom is 0.253 e. The lowest BCUT2D eigenvalue weighted by molar-refractivity contribution is 0.0914. The molecule has 0 aliphatic heterocycles. The van der Waals surface area contributed by atoms with E-state index in [1.165, 1.54) is 6.20 Å². The quantitative estimate of drug-likeness (QED) is 0.573. The van der Waals surface area contributed by atoms with Crippen LogP contribution in [0.2, 0.25) is 5.02 Å². The Bertz CT molecular complexity index is 469. The number of ether oxygens (including phenoxy) is 1. The smallest absolute Gasteiger partial charge is 0.253 e. The Labute approximate surface area is 116 Å². The van der Waals surface area contributed by atoms with Gasteiger partial charge < -0.3 is 15.5 Å².